The van der Waals surface area contributed by atoms with E-state index in [2.05, 4.69) is 20.7 Å². The topological polar surface area (TPSA) is 83.7 Å². The van der Waals surface area contributed by atoms with E-state index in [-0.39, 0.29) is 30.5 Å². The molecule has 1 aromatic rings. The second-order valence-electron chi connectivity index (χ2n) is 6.93. The Morgan fingerprint density at radius 1 is 1.42 bits per heavy atom. The second-order valence-corrected chi connectivity index (χ2v) is 6.93. The van der Waals surface area contributed by atoms with Gasteiger partial charge in [0.25, 0.3) is 0 Å². The maximum Gasteiger partial charge on any atom is 0.191 e. The van der Waals surface area contributed by atoms with Crippen molar-refractivity contribution < 1.29 is 9.84 Å². The van der Waals surface area contributed by atoms with Gasteiger partial charge >= 0.3 is 0 Å². The molecule has 1 heterocycles. The number of hydrogen-bond acceptors (Lipinski definition) is 4. The van der Waals surface area contributed by atoms with Crippen molar-refractivity contribution in [3.63, 3.8) is 0 Å². The van der Waals surface area contributed by atoms with Gasteiger partial charge in [-0.1, -0.05) is 12.8 Å². The lowest BCUT2D eigenvalue weighted by atomic mass is 10.0. The summed E-state index contributed by atoms with van der Waals surface area (Å²) in [5, 5.41) is 21.2. The molecule has 0 aliphatic heterocycles. The molecule has 7 nitrogen and oxygen atoms in total. The van der Waals surface area contributed by atoms with E-state index in [9.17, 15) is 5.11 Å². The number of aliphatic hydroxyl groups is 1. The van der Waals surface area contributed by atoms with Crippen LogP contribution in [0.1, 0.15) is 51.5 Å². The average molecular weight is 479 g/mol. The minimum atomic E-state index is -1.04. The van der Waals surface area contributed by atoms with Crippen LogP contribution in [0, 0.1) is 0 Å². The van der Waals surface area contributed by atoms with Crippen molar-refractivity contribution in [1.82, 2.24) is 20.4 Å². The van der Waals surface area contributed by atoms with Crippen LogP contribution in [0.15, 0.2) is 17.4 Å². The number of rotatable bonds is 9. The Kier molecular flexibility index (Phi) is 10.5. The zero-order chi connectivity index (χ0) is 18.1. The van der Waals surface area contributed by atoms with Gasteiger partial charge in [-0.3, -0.25) is 4.68 Å². The quantitative estimate of drug-likeness (QED) is 0.219. The van der Waals surface area contributed by atoms with E-state index in [0.29, 0.717) is 12.1 Å². The Morgan fingerprint density at radius 2 is 2.15 bits per heavy atom. The molecule has 1 saturated carbocycles. The van der Waals surface area contributed by atoms with Crippen molar-refractivity contribution in [3.05, 3.63) is 18.0 Å². The average Bonchev–Trinajstić information content (AvgIpc) is 3.24. The third kappa shape index (κ3) is 7.79. The number of aliphatic imine (C=N–C) groups is 1. The molecule has 0 spiro atoms. The van der Waals surface area contributed by atoms with E-state index in [1.165, 1.54) is 25.7 Å². The van der Waals surface area contributed by atoms with Crippen molar-refractivity contribution in [3.8, 4) is 0 Å². The molecule has 0 bridgehead atoms. The molecule has 2 rings (SSSR count). The molecule has 1 atom stereocenters. The fourth-order valence-electron chi connectivity index (χ4n) is 2.95. The molecule has 0 radical (unpaired) electrons. The van der Waals surface area contributed by atoms with Gasteiger partial charge in [0.15, 0.2) is 5.96 Å². The number of hydrogen-bond donors (Lipinski definition) is 3. The normalized spacial score (nSPS) is 17.6. The van der Waals surface area contributed by atoms with Crippen LogP contribution in [-0.2, 0) is 17.4 Å². The van der Waals surface area contributed by atoms with Crippen molar-refractivity contribution in [2.24, 2.45) is 12.0 Å². The number of ether oxygens (including phenoxy) is 1. The number of halogens is 1. The summed E-state index contributed by atoms with van der Waals surface area (Å²) in [5.74, 6) is 0.715. The first-order valence-electron chi connectivity index (χ1n) is 9.36. The number of aromatic nitrogens is 2. The number of nitrogens with zero attached hydrogens (tertiary/aromatic N) is 3. The molecule has 8 heteroatoms. The molecule has 150 valence electrons. The molecule has 0 saturated heterocycles. The van der Waals surface area contributed by atoms with Crippen LogP contribution < -0.4 is 10.6 Å². The smallest absolute Gasteiger partial charge is 0.191 e. The van der Waals surface area contributed by atoms with Crippen LogP contribution >= 0.6 is 24.0 Å². The molecule has 0 aromatic carbocycles. The van der Waals surface area contributed by atoms with Crippen LogP contribution in [0.2, 0.25) is 0 Å². The lowest BCUT2D eigenvalue weighted by Gasteiger charge is -2.20. The van der Waals surface area contributed by atoms with Gasteiger partial charge in [-0.15, -0.1) is 24.0 Å². The highest BCUT2D eigenvalue weighted by atomic mass is 127. The van der Waals surface area contributed by atoms with Gasteiger partial charge < -0.3 is 20.5 Å². The Balaban J connectivity index is 0.00000338. The SMILES string of the molecule is CCNC(=NCC(C)(O)c1cnn(C)c1)NCCCOC1CCCC1.I. The Morgan fingerprint density at radius 3 is 2.77 bits per heavy atom. The zero-order valence-electron chi connectivity index (χ0n) is 16.2. The summed E-state index contributed by atoms with van der Waals surface area (Å²) in [6, 6.07) is 0. The molecular weight excluding hydrogens is 445 g/mol. The van der Waals surface area contributed by atoms with Crippen molar-refractivity contribution in [2.75, 3.05) is 26.2 Å². The van der Waals surface area contributed by atoms with E-state index in [4.69, 9.17) is 4.74 Å². The first kappa shape index (κ1) is 23.2. The monoisotopic (exact) mass is 479 g/mol. The molecule has 1 unspecified atom stereocenters. The largest absolute Gasteiger partial charge is 0.383 e. The summed E-state index contributed by atoms with van der Waals surface area (Å²) in [6.45, 7) is 6.41. The predicted molar refractivity (Wildman–Crippen MR) is 115 cm³/mol. The van der Waals surface area contributed by atoms with E-state index >= 15 is 0 Å². The first-order chi connectivity index (χ1) is 12.0. The number of aryl methyl sites for hydroxylation is 1. The Hall–Kier alpha value is -0.870. The maximum atomic E-state index is 10.6. The third-order valence-corrected chi connectivity index (χ3v) is 4.49. The molecule has 1 aromatic heterocycles. The molecule has 1 fully saturated rings. The predicted octanol–water partition coefficient (Wildman–Crippen LogP) is 2.15. The Labute approximate surface area is 174 Å². The first-order valence-corrected chi connectivity index (χ1v) is 9.36. The van der Waals surface area contributed by atoms with E-state index in [0.717, 1.165) is 31.7 Å². The number of guanidine groups is 1. The molecule has 26 heavy (non-hydrogen) atoms. The van der Waals surface area contributed by atoms with Crippen molar-refractivity contribution in [1.29, 1.82) is 0 Å². The van der Waals surface area contributed by atoms with Crippen LogP contribution in [0.5, 0.6) is 0 Å². The van der Waals surface area contributed by atoms with Gasteiger partial charge in [0.2, 0.25) is 0 Å². The molecular formula is C18H34IN5O2. The zero-order valence-corrected chi connectivity index (χ0v) is 18.5. The van der Waals surface area contributed by atoms with E-state index in [1.54, 1.807) is 17.8 Å². The fraction of sp³-hybridized carbons (Fsp3) is 0.778. The van der Waals surface area contributed by atoms with Gasteiger partial charge in [-0.2, -0.15) is 5.10 Å². The summed E-state index contributed by atoms with van der Waals surface area (Å²) in [7, 11) is 1.84. The van der Waals surface area contributed by atoms with Gasteiger partial charge in [0.1, 0.15) is 5.60 Å². The lowest BCUT2D eigenvalue weighted by Crippen LogP contribution is -2.39. The van der Waals surface area contributed by atoms with Gasteiger partial charge in [-0.25, -0.2) is 4.99 Å². The molecule has 1 aliphatic rings. The summed E-state index contributed by atoms with van der Waals surface area (Å²) < 4.78 is 7.55. The van der Waals surface area contributed by atoms with Crippen LogP contribution in [0.25, 0.3) is 0 Å². The van der Waals surface area contributed by atoms with Crippen LogP contribution in [-0.4, -0.2) is 53.2 Å². The van der Waals surface area contributed by atoms with Crippen molar-refractivity contribution in [2.45, 2.75) is 57.7 Å². The Bertz CT molecular complexity index is 541. The lowest BCUT2D eigenvalue weighted by molar-refractivity contribution is 0.0573. The summed E-state index contributed by atoms with van der Waals surface area (Å²) in [5.41, 5.74) is -0.276. The minimum Gasteiger partial charge on any atom is -0.383 e. The van der Waals surface area contributed by atoms with Crippen LogP contribution in [0.4, 0.5) is 0 Å². The van der Waals surface area contributed by atoms with Gasteiger partial charge in [0, 0.05) is 38.5 Å². The van der Waals surface area contributed by atoms with E-state index < -0.39 is 5.60 Å². The molecule has 3 N–H and O–H groups in total. The molecule has 0 amide bonds. The summed E-state index contributed by atoms with van der Waals surface area (Å²) in [4.78, 5) is 4.51. The fourth-order valence-corrected chi connectivity index (χ4v) is 2.95. The second kappa shape index (κ2) is 11.8. The van der Waals surface area contributed by atoms with E-state index in [1.807, 2.05) is 20.2 Å². The van der Waals surface area contributed by atoms with Crippen molar-refractivity contribution >= 4 is 29.9 Å². The minimum absolute atomic E-state index is 0. The highest BCUT2D eigenvalue weighted by Gasteiger charge is 2.24. The summed E-state index contributed by atoms with van der Waals surface area (Å²) in [6.07, 6.45) is 9.93. The standard InChI is InChI=1S/C18H33N5O2.HI/c1-4-19-17(20-10-7-11-25-16-8-5-6-9-16)21-14-18(2,24)15-12-22-23(3)13-15;/h12-13,16,24H,4-11,14H2,1-3H3,(H2,19,20,21);1H. The third-order valence-electron chi connectivity index (χ3n) is 4.49. The molecule has 1 aliphatic carbocycles. The van der Waals surface area contributed by atoms with Gasteiger partial charge in [-0.05, 0) is 33.1 Å². The highest BCUT2D eigenvalue weighted by molar-refractivity contribution is 14.0. The highest BCUT2D eigenvalue weighted by Crippen LogP contribution is 2.21. The summed E-state index contributed by atoms with van der Waals surface area (Å²) >= 11 is 0. The number of nitrogens with one attached hydrogen (secondary N) is 2. The van der Waals surface area contributed by atoms with Crippen LogP contribution in [0.3, 0.4) is 0 Å². The maximum absolute atomic E-state index is 10.6. The van der Waals surface area contributed by atoms with Gasteiger partial charge in [0.05, 0.1) is 18.8 Å².